The number of aryl methyl sites for hydroxylation is 1. The molecule has 0 aliphatic carbocycles. The van der Waals surface area contributed by atoms with E-state index in [-0.39, 0.29) is 21.7 Å². The van der Waals surface area contributed by atoms with Crippen molar-refractivity contribution in [2.75, 3.05) is 0 Å². The second-order valence-corrected chi connectivity index (χ2v) is 18.5. The molecule has 0 spiro atoms. The standard InChI is InChI=1S/C13H15N.C12H14O.C12H14S.C11H16/c1-13(2,3)11-8-4-6-10-7-5-9-14-12(10)11;2*1-12(2,3)10-4-5-11-9(8-10)6-7-13-11;1-9-7-5-6-8-10(9)11(2,3)4/h4-9H,1-3H3;2*4-8H,1-3H3;5-8H,1-4H3. The van der Waals surface area contributed by atoms with Crippen molar-refractivity contribution < 1.29 is 4.42 Å². The first kappa shape index (κ1) is 39.6. The summed E-state index contributed by atoms with van der Waals surface area (Å²) >= 11 is 1.81. The fraction of sp³-hybridized carbons (Fsp3) is 0.354. The number of furan rings is 1. The van der Waals surface area contributed by atoms with E-state index in [1.165, 1.54) is 48.7 Å². The van der Waals surface area contributed by atoms with E-state index in [4.69, 9.17) is 4.42 Å². The SMILES string of the molecule is CC(C)(C)c1ccc2occc2c1.CC(C)(C)c1ccc2sccc2c1.CC(C)(C)c1cccc2cccnc12.Cc1ccccc1C(C)(C)C. The van der Waals surface area contributed by atoms with Gasteiger partial charge in [0.1, 0.15) is 5.58 Å². The molecule has 0 saturated carbocycles. The first-order valence-electron chi connectivity index (χ1n) is 18.1. The summed E-state index contributed by atoms with van der Waals surface area (Å²) in [5.74, 6) is 0. The van der Waals surface area contributed by atoms with Gasteiger partial charge in [-0.25, -0.2) is 0 Å². The molecule has 0 radical (unpaired) electrons. The lowest BCUT2D eigenvalue weighted by Gasteiger charge is -2.21. The molecule has 0 saturated heterocycles. The zero-order valence-electron chi connectivity index (χ0n) is 33.3. The normalized spacial score (nSPS) is 12.0. The van der Waals surface area contributed by atoms with E-state index >= 15 is 0 Å². The van der Waals surface area contributed by atoms with Gasteiger partial charge in [0.05, 0.1) is 11.8 Å². The molecule has 0 aliphatic heterocycles. The van der Waals surface area contributed by atoms with Gasteiger partial charge < -0.3 is 4.42 Å². The third-order valence-electron chi connectivity index (χ3n) is 9.03. The predicted octanol–water partition coefficient (Wildman–Crippen LogP) is 14.8. The van der Waals surface area contributed by atoms with Gasteiger partial charge in [0.25, 0.3) is 0 Å². The minimum absolute atomic E-state index is 0.161. The number of nitrogens with zero attached hydrogens (tertiary/aromatic N) is 1. The van der Waals surface area contributed by atoms with Crippen molar-refractivity contribution in [3.63, 3.8) is 0 Å². The molecule has 0 N–H and O–H groups in total. The summed E-state index contributed by atoms with van der Waals surface area (Å²) in [5, 5.41) is 5.93. The van der Waals surface area contributed by atoms with Crippen molar-refractivity contribution in [2.45, 2.75) is 112 Å². The molecule has 0 atom stereocenters. The van der Waals surface area contributed by atoms with Gasteiger partial charge in [-0.2, -0.15) is 0 Å². The molecule has 7 aromatic rings. The van der Waals surface area contributed by atoms with Crippen LogP contribution in [-0.2, 0) is 21.7 Å². The number of thiophene rings is 1. The number of benzene rings is 4. The third-order valence-corrected chi connectivity index (χ3v) is 9.93. The summed E-state index contributed by atoms with van der Waals surface area (Å²) < 4.78 is 6.67. The largest absolute Gasteiger partial charge is 0.464 e. The highest BCUT2D eigenvalue weighted by Crippen LogP contribution is 2.30. The molecule has 0 bridgehead atoms. The number of fused-ring (bicyclic) bond motifs is 3. The number of hydrogen-bond acceptors (Lipinski definition) is 3. The van der Waals surface area contributed by atoms with Crippen LogP contribution >= 0.6 is 11.3 Å². The van der Waals surface area contributed by atoms with Crippen LogP contribution in [0.4, 0.5) is 0 Å². The molecular formula is C48H59NOS. The molecule has 2 nitrogen and oxygen atoms in total. The Hall–Kier alpha value is -4.21. The lowest BCUT2D eigenvalue weighted by Crippen LogP contribution is -2.12. The first-order valence-corrected chi connectivity index (χ1v) is 19.0. The van der Waals surface area contributed by atoms with Crippen LogP contribution in [0.15, 0.2) is 125 Å². The summed E-state index contributed by atoms with van der Waals surface area (Å²) in [6, 6.07) is 36.3. The quantitative estimate of drug-likeness (QED) is 0.158. The molecular weight excluding hydrogens is 639 g/mol. The summed E-state index contributed by atoms with van der Waals surface area (Å²) in [6.45, 7) is 29.0. The maximum Gasteiger partial charge on any atom is 0.133 e. The molecule has 7 rings (SSSR count). The summed E-state index contributed by atoms with van der Waals surface area (Å²) in [7, 11) is 0. The second-order valence-electron chi connectivity index (χ2n) is 17.5. The summed E-state index contributed by atoms with van der Waals surface area (Å²) in [5.41, 5.74) is 9.92. The maximum absolute atomic E-state index is 5.29. The van der Waals surface area contributed by atoms with E-state index in [0.29, 0.717) is 0 Å². The Bertz CT molecular complexity index is 2060. The molecule has 268 valence electrons. The van der Waals surface area contributed by atoms with Crippen LogP contribution in [0.5, 0.6) is 0 Å². The molecule has 4 aromatic carbocycles. The second kappa shape index (κ2) is 16.0. The third kappa shape index (κ3) is 10.9. The van der Waals surface area contributed by atoms with E-state index in [2.05, 4.69) is 185 Å². The molecule has 0 amide bonds. The molecule has 0 fully saturated rings. The number of rotatable bonds is 0. The first-order chi connectivity index (χ1) is 23.7. The van der Waals surface area contributed by atoms with Crippen molar-refractivity contribution in [1.29, 1.82) is 0 Å². The molecule has 0 unspecified atom stereocenters. The summed E-state index contributed by atoms with van der Waals surface area (Å²) in [4.78, 5) is 4.45. The predicted molar refractivity (Wildman–Crippen MR) is 226 cm³/mol. The van der Waals surface area contributed by atoms with Crippen molar-refractivity contribution in [3.05, 3.63) is 149 Å². The highest BCUT2D eigenvalue weighted by molar-refractivity contribution is 7.17. The average molecular weight is 698 g/mol. The monoisotopic (exact) mass is 697 g/mol. The Morgan fingerprint density at radius 2 is 1.10 bits per heavy atom. The van der Waals surface area contributed by atoms with Crippen LogP contribution in [0.3, 0.4) is 0 Å². The number of para-hydroxylation sites is 1. The molecule has 3 heteroatoms. The van der Waals surface area contributed by atoms with Gasteiger partial charge in [-0.3, -0.25) is 4.98 Å². The van der Waals surface area contributed by atoms with E-state index in [1.807, 2.05) is 24.4 Å². The highest BCUT2D eigenvalue weighted by Gasteiger charge is 2.17. The topological polar surface area (TPSA) is 26.0 Å². The van der Waals surface area contributed by atoms with Gasteiger partial charge in [0.15, 0.2) is 0 Å². The fourth-order valence-electron chi connectivity index (χ4n) is 5.99. The maximum atomic E-state index is 5.29. The van der Waals surface area contributed by atoms with Gasteiger partial charge in [-0.1, -0.05) is 144 Å². The zero-order chi connectivity index (χ0) is 37.6. The van der Waals surface area contributed by atoms with Crippen LogP contribution in [0.1, 0.15) is 111 Å². The molecule has 3 aromatic heterocycles. The number of aromatic nitrogens is 1. The lowest BCUT2D eigenvalue weighted by molar-refractivity contribution is 0.586. The Morgan fingerprint density at radius 1 is 0.510 bits per heavy atom. The van der Waals surface area contributed by atoms with Gasteiger partial charge in [0, 0.05) is 21.7 Å². The van der Waals surface area contributed by atoms with Gasteiger partial charge in [-0.05, 0) is 110 Å². The van der Waals surface area contributed by atoms with Crippen molar-refractivity contribution in [2.24, 2.45) is 0 Å². The molecule has 51 heavy (non-hydrogen) atoms. The van der Waals surface area contributed by atoms with Crippen LogP contribution < -0.4 is 0 Å². The lowest BCUT2D eigenvalue weighted by atomic mass is 9.84. The Kier molecular flexibility index (Phi) is 12.4. The zero-order valence-corrected chi connectivity index (χ0v) is 34.1. The van der Waals surface area contributed by atoms with Crippen molar-refractivity contribution in [3.8, 4) is 0 Å². The van der Waals surface area contributed by atoms with Crippen molar-refractivity contribution >= 4 is 43.3 Å². The van der Waals surface area contributed by atoms with Crippen LogP contribution in [0.2, 0.25) is 0 Å². The highest BCUT2D eigenvalue weighted by atomic mass is 32.1. The summed E-state index contributed by atoms with van der Waals surface area (Å²) in [6.07, 6.45) is 3.59. The van der Waals surface area contributed by atoms with E-state index in [0.717, 1.165) is 11.1 Å². The fourth-order valence-corrected chi connectivity index (χ4v) is 6.76. The van der Waals surface area contributed by atoms with Gasteiger partial charge >= 0.3 is 0 Å². The van der Waals surface area contributed by atoms with E-state index < -0.39 is 0 Å². The van der Waals surface area contributed by atoms with Crippen LogP contribution in [0.25, 0.3) is 32.0 Å². The Labute approximate surface area is 312 Å². The number of pyridine rings is 1. The average Bonchev–Trinajstić information content (AvgIpc) is 3.73. The van der Waals surface area contributed by atoms with E-state index in [9.17, 15) is 0 Å². The van der Waals surface area contributed by atoms with Gasteiger partial charge in [-0.15, -0.1) is 11.3 Å². The minimum Gasteiger partial charge on any atom is -0.464 e. The van der Waals surface area contributed by atoms with Gasteiger partial charge in [0.2, 0.25) is 0 Å². The smallest absolute Gasteiger partial charge is 0.133 e. The Balaban J connectivity index is 0.000000153. The van der Waals surface area contributed by atoms with E-state index in [1.54, 1.807) is 17.6 Å². The van der Waals surface area contributed by atoms with Crippen LogP contribution in [-0.4, -0.2) is 4.98 Å². The van der Waals surface area contributed by atoms with Crippen molar-refractivity contribution in [1.82, 2.24) is 4.98 Å². The minimum atomic E-state index is 0.161. The molecule has 0 aliphatic rings. The number of hydrogen-bond donors (Lipinski definition) is 0. The van der Waals surface area contributed by atoms with Crippen LogP contribution in [0, 0.1) is 6.92 Å². The Morgan fingerprint density at radius 3 is 1.71 bits per heavy atom. The molecule has 3 heterocycles.